The van der Waals surface area contributed by atoms with E-state index in [9.17, 15) is 9.59 Å². The molecule has 7 heteroatoms. The monoisotopic (exact) mass is 153 g/mol. The summed E-state index contributed by atoms with van der Waals surface area (Å²) in [4.78, 5) is 23.1. The summed E-state index contributed by atoms with van der Waals surface area (Å²) in [6, 6.07) is 0. The molecule has 6 nitrogen and oxygen atoms in total. The Hall–Kier alpha value is -0.430. The summed E-state index contributed by atoms with van der Waals surface area (Å²) in [6.07, 6.45) is 0.932. The minimum atomic E-state index is -0.711. The van der Waals surface area contributed by atoms with Crippen LogP contribution in [-0.4, -0.2) is 15.7 Å². The zero-order valence-electron chi connectivity index (χ0n) is 5.29. The van der Waals surface area contributed by atoms with Crippen LogP contribution in [0.25, 0.3) is 0 Å². The van der Waals surface area contributed by atoms with E-state index in [-0.39, 0.29) is 35.0 Å². The predicted molar refractivity (Wildman–Crippen MR) is 28.1 cm³/mol. The van der Waals surface area contributed by atoms with E-state index in [1.165, 1.54) is 0 Å². The van der Waals surface area contributed by atoms with Gasteiger partial charge in [-0.25, -0.2) is 0 Å². The van der Waals surface area contributed by atoms with Gasteiger partial charge in [-0.3, -0.25) is 14.7 Å². The molecule has 0 aliphatic rings. The van der Waals surface area contributed by atoms with Gasteiger partial charge < -0.3 is 15.6 Å². The van der Waals surface area contributed by atoms with Crippen LogP contribution in [0, 0.1) is 0 Å². The maximum atomic E-state index is 10.1. The Morgan fingerprint density at radius 3 is 2.40 bits per heavy atom. The van der Waals surface area contributed by atoms with E-state index in [1.54, 1.807) is 0 Å². The third-order valence-corrected chi connectivity index (χ3v) is 0.547. The third kappa shape index (κ3) is 3.57. The molecule has 1 aromatic heterocycles. The average Bonchev–Trinajstić information content (AvgIpc) is 1.64. The van der Waals surface area contributed by atoms with Gasteiger partial charge in [-0.1, -0.05) is 0 Å². The molecule has 3 N–H and O–H groups in total. The first kappa shape index (κ1) is 12.3. The number of hydrogen-bond donors (Lipinski definition) is 1. The van der Waals surface area contributed by atoms with Crippen molar-refractivity contribution in [1.82, 2.24) is 15.2 Å². The van der Waals surface area contributed by atoms with Gasteiger partial charge in [-0.05, 0) is 0 Å². The normalized spacial score (nSPS) is 7.20. The number of rotatable bonds is 0. The molecule has 0 aliphatic heterocycles. The van der Waals surface area contributed by atoms with Crippen LogP contribution in [0.1, 0.15) is 0 Å². The molecule has 0 saturated heterocycles. The van der Waals surface area contributed by atoms with Crippen molar-refractivity contribution in [3.63, 3.8) is 0 Å². The van der Waals surface area contributed by atoms with Crippen LogP contribution in [-0.2, 0) is 0 Å². The first-order valence-corrected chi connectivity index (χ1v) is 1.88. The van der Waals surface area contributed by atoms with Gasteiger partial charge in [0.2, 0.25) is 0 Å². The van der Waals surface area contributed by atoms with E-state index < -0.39 is 11.2 Å². The minimum Gasteiger partial charge on any atom is -0.412 e. The molecule has 0 atom stereocenters. The number of aromatic amines is 1. The fraction of sp³-hybridized carbons (Fsp3) is 0. The summed E-state index contributed by atoms with van der Waals surface area (Å²) in [5, 5.41) is 5.13. The second kappa shape index (κ2) is 5.36. The fourth-order valence-corrected chi connectivity index (χ4v) is 0.297. The fourth-order valence-electron chi connectivity index (χ4n) is 0.297. The number of nitrogens with one attached hydrogen (secondary N) is 1. The van der Waals surface area contributed by atoms with Gasteiger partial charge >= 0.3 is 29.6 Å². The Morgan fingerprint density at radius 2 is 2.10 bits per heavy atom. The molecule has 0 spiro atoms. The Balaban J connectivity index is 0. The van der Waals surface area contributed by atoms with Gasteiger partial charge in [0.05, 0.1) is 6.20 Å². The van der Waals surface area contributed by atoms with Crippen molar-refractivity contribution in [3.8, 4) is 0 Å². The smallest absolute Gasteiger partial charge is 0.412 e. The zero-order chi connectivity index (χ0) is 5.98. The van der Waals surface area contributed by atoms with Crippen LogP contribution < -0.4 is 45.8 Å². The van der Waals surface area contributed by atoms with E-state index in [1.807, 2.05) is 5.10 Å². The molecule has 0 unspecified atom stereocenters. The summed E-state index contributed by atoms with van der Waals surface area (Å²) in [5.41, 5.74) is -1.33. The van der Waals surface area contributed by atoms with Crippen molar-refractivity contribution in [3.05, 3.63) is 27.0 Å². The molecule has 0 amide bonds. The molecule has 50 valence electrons. The van der Waals surface area contributed by atoms with E-state index in [2.05, 4.69) is 10.1 Å². The molecule has 0 radical (unpaired) electrons. The Morgan fingerprint density at radius 1 is 1.50 bits per heavy atom. The van der Waals surface area contributed by atoms with Crippen molar-refractivity contribution in [2.75, 3.05) is 0 Å². The summed E-state index contributed by atoms with van der Waals surface area (Å²) in [5.74, 6) is 0. The Bertz CT molecular complexity index is 253. The maximum Gasteiger partial charge on any atom is 1.00 e. The average molecular weight is 153 g/mol. The second-order valence-electron chi connectivity index (χ2n) is 1.13. The van der Waals surface area contributed by atoms with Gasteiger partial charge in [-0.2, -0.15) is 0 Å². The van der Waals surface area contributed by atoms with Crippen molar-refractivity contribution in [1.29, 1.82) is 0 Å². The summed E-state index contributed by atoms with van der Waals surface area (Å²) in [7, 11) is 0. The standard InChI is InChI=1S/C3H3N3O2.Na.H2O/c7-2-1-4-6-3(8)5-2;;/h1H,(H2,5,6,7,8);;1H2/q;+1;/p-1. The first-order valence-electron chi connectivity index (χ1n) is 1.88. The van der Waals surface area contributed by atoms with E-state index in [4.69, 9.17) is 0 Å². The van der Waals surface area contributed by atoms with Gasteiger partial charge in [-0.15, -0.1) is 0 Å². The third-order valence-electron chi connectivity index (χ3n) is 0.547. The van der Waals surface area contributed by atoms with E-state index >= 15 is 0 Å². The van der Waals surface area contributed by atoms with E-state index in [0.717, 1.165) is 6.20 Å². The molecular weight excluding hydrogens is 149 g/mol. The van der Waals surface area contributed by atoms with Gasteiger partial charge in [0.1, 0.15) is 0 Å². The number of aromatic nitrogens is 3. The van der Waals surface area contributed by atoms with Crippen LogP contribution in [0.3, 0.4) is 0 Å². The Kier molecular flexibility index (Phi) is 6.58. The predicted octanol–water partition coefficient (Wildman–Crippen LogP) is -5.73. The number of H-pyrrole nitrogens is 1. The van der Waals surface area contributed by atoms with Gasteiger partial charge in [0.15, 0.2) is 11.2 Å². The molecule has 0 fully saturated rings. The summed E-state index contributed by atoms with van der Waals surface area (Å²) in [6.45, 7) is 0. The Labute approximate surface area is 77.3 Å². The molecule has 1 heterocycles. The number of hydrogen-bond acceptors (Lipinski definition) is 3. The van der Waals surface area contributed by atoms with Gasteiger partial charge in [0.25, 0.3) is 0 Å². The molecule has 1 aromatic rings. The molecule has 0 saturated carbocycles. The molecule has 0 bridgehead atoms. The van der Waals surface area contributed by atoms with E-state index in [0.29, 0.717) is 0 Å². The molecule has 0 aliphatic carbocycles. The first-order chi connectivity index (χ1) is 3.79. The van der Waals surface area contributed by atoms with Crippen LogP contribution in [0.5, 0.6) is 0 Å². The van der Waals surface area contributed by atoms with Crippen LogP contribution in [0.15, 0.2) is 15.8 Å². The summed E-state index contributed by atoms with van der Waals surface area (Å²) < 4.78 is 0. The van der Waals surface area contributed by atoms with Gasteiger partial charge in [0, 0.05) is 0 Å². The van der Waals surface area contributed by atoms with Crippen LogP contribution in [0.4, 0.5) is 0 Å². The molecular formula is C3H4N3NaO3. The minimum absolute atomic E-state index is 0. The maximum absolute atomic E-state index is 10.1. The number of nitrogens with zero attached hydrogens (tertiary/aromatic N) is 2. The largest absolute Gasteiger partial charge is 1.00 e. The zero-order valence-corrected chi connectivity index (χ0v) is 7.29. The summed E-state index contributed by atoms with van der Waals surface area (Å²) >= 11 is 0. The van der Waals surface area contributed by atoms with Crippen LogP contribution in [0.2, 0.25) is 0 Å². The second-order valence-corrected chi connectivity index (χ2v) is 1.13. The van der Waals surface area contributed by atoms with Crippen molar-refractivity contribution in [2.45, 2.75) is 0 Å². The molecule has 0 aromatic carbocycles. The SMILES string of the molecule is O.O=c1cn[nH]c(=O)[n-]1.[Na+]. The van der Waals surface area contributed by atoms with Crippen molar-refractivity contribution < 1.29 is 35.0 Å². The molecule has 1 rings (SSSR count). The molecule has 10 heavy (non-hydrogen) atoms. The van der Waals surface area contributed by atoms with Crippen molar-refractivity contribution >= 4 is 0 Å². The topological polar surface area (TPSA) is 108 Å². The van der Waals surface area contributed by atoms with Crippen LogP contribution >= 0.6 is 0 Å². The quantitative estimate of drug-likeness (QED) is 0.374. The van der Waals surface area contributed by atoms with Crippen molar-refractivity contribution in [2.24, 2.45) is 0 Å².